The molecule has 0 saturated carbocycles. The second-order valence-corrected chi connectivity index (χ2v) is 3.66. The molecule has 0 unspecified atom stereocenters. The Morgan fingerprint density at radius 3 is 1.92 bits per heavy atom. The third kappa shape index (κ3) is 0.905. The number of nitrogens with zero attached hydrogens (tertiary/aromatic N) is 4. The summed E-state index contributed by atoms with van der Waals surface area (Å²) in [5.74, 6) is 0. The molecule has 62 valence electrons. The highest BCUT2D eigenvalue weighted by Crippen LogP contribution is 2.28. The normalized spacial score (nSPS) is 11.1. The standard InChI is InChI=1S/C8H4N4S/c1-5-7(11-3-9-1)8-6(13-5)2-10-4-12-8/h1-4H. The number of aromatic nitrogens is 4. The number of hydrogen-bond donors (Lipinski definition) is 0. The molecule has 5 heteroatoms. The lowest BCUT2D eigenvalue weighted by Crippen LogP contribution is -1.78. The van der Waals surface area contributed by atoms with Crippen molar-refractivity contribution >= 4 is 31.8 Å². The van der Waals surface area contributed by atoms with Gasteiger partial charge in [-0.2, -0.15) is 0 Å². The molecule has 0 aromatic carbocycles. The van der Waals surface area contributed by atoms with Crippen LogP contribution in [0.2, 0.25) is 0 Å². The molecule has 0 aliphatic heterocycles. The topological polar surface area (TPSA) is 51.6 Å². The monoisotopic (exact) mass is 188 g/mol. The number of rotatable bonds is 0. The van der Waals surface area contributed by atoms with E-state index in [0.29, 0.717) is 0 Å². The Kier molecular flexibility index (Phi) is 1.28. The van der Waals surface area contributed by atoms with Crippen molar-refractivity contribution in [1.82, 2.24) is 19.9 Å². The second kappa shape index (κ2) is 2.43. The van der Waals surface area contributed by atoms with Gasteiger partial charge in [0.05, 0.1) is 9.40 Å². The number of hydrogen-bond acceptors (Lipinski definition) is 5. The molecule has 0 aliphatic carbocycles. The van der Waals surface area contributed by atoms with Crippen LogP contribution in [-0.2, 0) is 0 Å². The van der Waals surface area contributed by atoms with Gasteiger partial charge in [-0.3, -0.25) is 0 Å². The van der Waals surface area contributed by atoms with Gasteiger partial charge in [-0.05, 0) is 0 Å². The van der Waals surface area contributed by atoms with Crippen molar-refractivity contribution in [2.24, 2.45) is 0 Å². The van der Waals surface area contributed by atoms with Gasteiger partial charge in [0.25, 0.3) is 0 Å². The summed E-state index contributed by atoms with van der Waals surface area (Å²) in [7, 11) is 0. The van der Waals surface area contributed by atoms with E-state index >= 15 is 0 Å². The van der Waals surface area contributed by atoms with E-state index in [-0.39, 0.29) is 0 Å². The molecule has 0 aliphatic rings. The molecule has 3 rings (SSSR count). The van der Waals surface area contributed by atoms with Gasteiger partial charge >= 0.3 is 0 Å². The Morgan fingerprint density at radius 2 is 1.38 bits per heavy atom. The minimum atomic E-state index is 0.914. The highest BCUT2D eigenvalue weighted by Gasteiger charge is 2.05. The average Bonchev–Trinajstić information content (AvgIpc) is 2.56. The fraction of sp³-hybridized carbons (Fsp3) is 0. The molecule has 0 radical (unpaired) electrons. The third-order valence-corrected chi connectivity index (χ3v) is 2.84. The van der Waals surface area contributed by atoms with E-state index in [2.05, 4.69) is 19.9 Å². The van der Waals surface area contributed by atoms with Crippen molar-refractivity contribution in [1.29, 1.82) is 0 Å². The molecule has 0 atom stereocenters. The van der Waals surface area contributed by atoms with Crippen molar-refractivity contribution in [3.8, 4) is 0 Å². The van der Waals surface area contributed by atoms with Crippen LogP contribution >= 0.6 is 11.3 Å². The van der Waals surface area contributed by atoms with Crippen LogP contribution in [0.1, 0.15) is 0 Å². The summed E-state index contributed by atoms with van der Waals surface area (Å²) < 4.78 is 2.11. The van der Waals surface area contributed by atoms with Crippen LogP contribution in [0.15, 0.2) is 25.0 Å². The van der Waals surface area contributed by atoms with Crippen molar-refractivity contribution in [2.45, 2.75) is 0 Å². The van der Waals surface area contributed by atoms with Gasteiger partial charge in [0.15, 0.2) is 0 Å². The molecule has 0 fully saturated rings. The van der Waals surface area contributed by atoms with Gasteiger partial charge < -0.3 is 0 Å². The molecule has 4 nitrogen and oxygen atoms in total. The van der Waals surface area contributed by atoms with E-state index in [1.54, 1.807) is 23.7 Å². The molecule has 13 heavy (non-hydrogen) atoms. The van der Waals surface area contributed by atoms with Crippen molar-refractivity contribution in [3.05, 3.63) is 25.0 Å². The van der Waals surface area contributed by atoms with Crippen molar-refractivity contribution in [2.75, 3.05) is 0 Å². The van der Waals surface area contributed by atoms with Crippen LogP contribution in [0.25, 0.3) is 20.4 Å². The van der Waals surface area contributed by atoms with Gasteiger partial charge in [-0.15, -0.1) is 11.3 Å². The molecular formula is C8H4N4S. The fourth-order valence-electron chi connectivity index (χ4n) is 1.26. The Hall–Kier alpha value is -1.62. The summed E-state index contributed by atoms with van der Waals surface area (Å²) in [5.41, 5.74) is 1.83. The second-order valence-electron chi connectivity index (χ2n) is 2.57. The summed E-state index contributed by atoms with van der Waals surface area (Å²) in [4.78, 5) is 16.3. The summed E-state index contributed by atoms with van der Waals surface area (Å²) in [6.07, 6.45) is 6.68. The third-order valence-electron chi connectivity index (χ3n) is 1.80. The van der Waals surface area contributed by atoms with Gasteiger partial charge in [0.1, 0.15) is 23.7 Å². The maximum atomic E-state index is 4.18. The van der Waals surface area contributed by atoms with Crippen molar-refractivity contribution < 1.29 is 0 Å². The van der Waals surface area contributed by atoms with Crippen LogP contribution in [0, 0.1) is 0 Å². The van der Waals surface area contributed by atoms with E-state index in [0.717, 1.165) is 20.4 Å². The molecule has 3 aromatic heterocycles. The highest BCUT2D eigenvalue weighted by atomic mass is 32.1. The summed E-state index contributed by atoms with van der Waals surface area (Å²) in [6, 6.07) is 0. The van der Waals surface area contributed by atoms with E-state index in [1.807, 2.05) is 0 Å². The van der Waals surface area contributed by atoms with E-state index in [9.17, 15) is 0 Å². The molecule has 0 bridgehead atoms. The molecule has 3 heterocycles. The highest BCUT2D eigenvalue weighted by molar-refractivity contribution is 7.25. The van der Waals surface area contributed by atoms with Crippen LogP contribution in [-0.4, -0.2) is 19.9 Å². The maximum absolute atomic E-state index is 4.18. The number of thiophene rings is 1. The smallest absolute Gasteiger partial charge is 0.116 e. The largest absolute Gasteiger partial charge is 0.243 e. The lowest BCUT2D eigenvalue weighted by Gasteiger charge is -1.85. The first-order valence-corrected chi connectivity index (χ1v) is 4.55. The molecule has 0 N–H and O–H groups in total. The quantitative estimate of drug-likeness (QED) is 0.538. The molecule has 0 amide bonds. The maximum Gasteiger partial charge on any atom is 0.116 e. The van der Waals surface area contributed by atoms with Gasteiger partial charge in [0, 0.05) is 12.4 Å². The minimum Gasteiger partial charge on any atom is -0.243 e. The molecular weight excluding hydrogens is 184 g/mol. The molecule has 0 saturated heterocycles. The van der Waals surface area contributed by atoms with E-state index in [4.69, 9.17) is 0 Å². The first-order chi connectivity index (χ1) is 6.45. The lowest BCUT2D eigenvalue weighted by atomic mass is 10.4. The van der Waals surface area contributed by atoms with Crippen LogP contribution in [0.4, 0.5) is 0 Å². The van der Waals surface area contributed by atoms with Gasteiger partial charge in [-0.25, -0.2) is 19.9 Å². The summed E-state index contributed by atoms with van der Waals surface area (Å²) in [5, 5.41) is 0. The lowest BCUT2D eigenvalue weighted by molar-refractivity contribution is 1.21. The first kappa shape index (κ1) is 6.85. The zero-order valence-electron chi connectivity index (χ0n) is 6.51. The Bertz CT molecular complexity index is 524. The Labute approximate surface area is 77.3 Å². The van der Waals surface area contributed by atoms with Crippen LogP contribution < -0.4 is 0 Å². The first-order valence-electron chi connectivity index (χ1n) is 3.73. The van der Waals surface area contributed by atoms with Gasteiger partial charge in [-0.1, -0.05) is 0 Å². The molecule has 0 spiro atoms. The van der Waals surface area contributed by atoms with Crippen LogP contribution in [0.5, 0.6) is 0 Å². The SMILES string of the molecule is c1ncc2sc3cncnc3c2n1. The summed E-state index contributed by atoms with van der Waals surface area (Å²) >= 11 is 1.61. The Morgan fingerprint density at radius 1 is 0.846 bits per heavy atom. The van der Waals surface area contributed by atoms with Crippen molar-refractivity contribution in [3.63, 3.8) is 0 Å². The Balaban J connectivity index is 2.64. The minimum absolute atomic E-state index is 0.914. The van der Waals surface area contributed by atoms with E-state index < -0.39 is 0 Å². The zero-order valence-corrected chi connectivity index (χ0v) is 7.32. The predicted octanol–water partition coefficient (Wildman–Crippen LogP) is 1.63. The zero-order chi connectivity index (χ0) is 8.67. The van der Waals surface area contributed by atoms with Crippen LogP contribution in [0.3, 0.4) is 0 Å². The predicted molar refractivity (Wildman–Crippen MR) is 50.5 cm³/mol. The fourth-order valence-corrected chi connectivity index (χ4v) is 2.21. The summed E-state index contributed by atoms with van der Waals surface area (Å²) in [6.45, 7) is 0. The molecule has 3 aromatic rings. The van der Waals surface area contributed by atoms with Gasteiger partial charge in [0.2, 0.25) is 0 Å². The van der Waals surface area contributed by atoms with E-state index in [1.165, 1.54) is 12.7 Å². The average molecular weight is 188 g/mol. The number of fused-ring (bicyclic) bond motifs is 3.